The summed E-state index contributed by atoms with van der Waals surface area (Å²) in [6.07, 6.45) is 3.33. The van der Waals surface area contributed by atoms with Gasteiger partial charge in [-0.05, 0) is 31.9 Å². The van der Waals surface area contributed by atoms with Gasteiger partial charge in [0.15, 0.2) is 0 Å². The van der Waals surface area contributed by atoms with Crippen molar-refractivity contribution in [1.82, 2.24) is 5.32 Å². The fraction of sp³-hybridized carbons (Fsp3) is 0.600. The molecule has 1 nitrogen and oxygen atoms in total. The van der Waals surface area contributed by atoms with Crippen molar-refractivity contribution >= 4 is 0 Å². The van der Waals surface area contributed by atoms with E-state index in [0.29, 0.717) is 0 Å². The van der Waals surface area contributed by atoms with Gasteiger partial charge in [0.25, 0.3) is 0 Å². The van der Waals surface area contributed by atoms with E-state index in [-0.39, 0.29) is 11.9 Å². The molecule has 1 aromatic rings. The van der Waals surface area contributed by atoms with Crippen LogP contribution in [0, 0.1) is 18.7 Å². The number of nitrogens with one attached hydrogen (secondary N) is 1. The lowest BCUT2D eigenvalue weighted by atomic mass is 9.96. The van der Waals surface area contributed by atoms with Crippen LogP contribution in [0.3, 0.4) is 0 Å². The van der Waals surface area contributed by atoms with Gasteiger partial charge in [-0.2, -0.15) is 0 Å². The van der Waals surface area contributed by atoms with Gasteiger partial charge in [-0.3, -0.25) is 0 Å². The van der Waals surface area contributed by atoms with E-state index in [0.717, 1.165) is 29.9 Å². The second kappa shape index (κ2) is 6.75. The third-order valence-electron chi connectivity index (χ3n) is 3.22. The van der Waals surface area contributed by atoms with Crippen LogP contribution in [0.5, 0.6) is 0 Å². The average molecular weight is 237 g/mol. The summed E-state index contributed by atoms with van der Waals surface area (Å²) < 4.78 is 14.0. The molecular weight excluding hydrogens is 213 g/mol. The molecule has 1 rings (SSSR count). The second-order valence-electron chi connectivity index (χ2n) is 5.14. The highest BCUT2D eigenvalue weighted by atomic mass is 19.1. The summed E-state index contributed by atoms with van der Waals surface area (Å²) in [7, 11) is 1.90. The van der Waals surface area contributed by atoms with E-state index < -0.39 is 0 Å². The summed E-state index contributed by atoms with van der Waals surface area (Å²) >= 11 is 0. The molecule has 0 saturated heterocycles. The standard InChI is InChI=1S/C15H24FN/c1-11(2)7-5-10-14(17-4)13-9-6-8-12(3)15(13)16/h6,8-9,11,14,17H,5,7,10H2,1-4H3. The predicted molar refractivity (Wildman–Crippen MR) is 71.6 cm³/mol. The number of benzene rings is 1. The first-order chi connectivity index (χ1) is 8.06. The number of halogens is 1. The molecule has 0 saturated carbocycles. The molecule has 0 bridgehead atoms. The number of aryl methyl sites for hydroxylation is 1. The Morgan fingerprint density at radius 1 is 1.24 bits per heavy atom. The van der Waals surface area contributed by atoms with Gasteiger partial charge in [0, 0.05) is 11.6 Å². The zero-order valence-electron chi connectivity index (χ0n) is 11.4. The van der Waals surface area contributed by atoms with Crippen molar-refractivity contribution in [1.29, 1.82) is 0 Å². The summed E-state index contributed by atoms with van der Waals surface area (Å²) in [5.74, 6) is 0.659. The van der Waals surface area contributed by atoms with Crippen LogP contribution in [0.1, 0.15) is 50.3 Å². The molecule has 1 N–H and O–H groups in total. The summed E-state index contributed by atoms with van der Waals surface area (Å²) in [6, 6.07) is 5.77. The molecule has 0 aliphatic rings. The molecule has 0 fully saturated rings. The third-order valence-corrected chi connectivity index (χ3v) is 3.22. The van der Waals surface area contributed by atoms with Crippen molar-refractivity contribution in [2.24, 2.45) is 5.92 Å². The summed E-state index contributed by atoms with van der Waals surface area (Å²) in [5, 5.41) is 3.22. The van der Waals surface area contributed by atoms with Gasteiger partial charge >= 0.3 is 0 Å². The van der Waals surface area contributed by atoms with Gasteiger partial charge in [-0.1, -0.05) is 44.9 Å². The van der Waals surface area contributed by atoms with Crippen molar-refractivity contribution in [3.63, 3.8) is 0 Å². The molecular formula is C15H24FN. The molecule has 1 aromatic carbocycles. The van der Waals surface area contributed by atoms with Crippen molar-refractivity contribution in [2.45, 2.75) is 46.1 Å². The minimum atomic E-state index is -0.0589. The third kappa shape index (κ3) is 4.12. The Labute approximate surface area is 104 Å². The zero-order chi connectivity index (χ0) is 12.8. The first-order valence-corrected chi connectivity index (χ1v) is 6.48. The van der Waals surface area contributed by atoms with Gasteiger partial charge in [-0.15, -0.1) is 0 Å². The topological polar surface area (TPSA) is 12.0 Å². The number of hydrogen-bond donors (Lipinski definition) is 1. The fourth-order valence-corrected chi connectivity index (χ4v) is 2.12. The van der Waals surface area contributed by atoms with Crippen LogP contribution in [0.25, 0.3) is 0 Å². The largest absolute Gasteiger partial charge is 0.313 e. The molecule has 96 valence electrons. The minimum absolute atomic E-state index is 0.0589. The molecule has 0 spiro atoms. The fourth-order valence-electron chi connectivity index (χ4n) is 2.12. The lowest BCUT2D eigenvalue weighted by molar-refractivity contribution is 0.455. The molecule has 0 radical (unpaired) electrons. The maximum atomic E-state index is 14.0. The van der Waals surface area contributed by atoms with Gasteiger partial charge in [0.2, 0.25) is 0 Å². The molecule has 2 heteroatoms. The minimum Gasteiger partial charge on any atom is -0.313 e. The van der Waals surface area contributed by atoms with Crippen molar-refractivity contribution in [3.8, 4) is 0 Å². The van der Waals surface area contributed by atoms with E-state index in [1.54, 1.807) is 0 Å². The van der Waals surface area contributed by atoms with Crippen molar-refractivity contribution in [3.05, 3.63) is 35.1 Å². The average Bonchev–Trinajstić information content (AvgIpc) is 2.28. The first kappa shape index (κ1) is 14.2. The molecule has 17 heavy (non-hydrogen) atoms. The molecule has 0 amide bonds. The molecule has 1 atom stereocenters. The highest BCUT2D eigenvalue weighted by Crippen LogP contribution is 2.24. The van der Waals surface area contributed by atoms with E-state index in [1.807, 2.05) is 32.2 Å². The van der Waals surface area contributed by atoms with E-state index in [4.69, 9.17) is 0 Å². The Bertz CT molecular complexity index is 347. The molecule has 0 aliphatic heterocycles. The van der Waals surface area contributed by atoms with Crippen LogP contribution in [0.15, 0.2) is 18.2 Å². The van der Waals surface area contributed by atoms with Gasteiger partial charge < -0.3 is 5.32 Å². The lowest BCUT2D eigenvalue weighted by Crippen LogP contribution is -2.18. The normalized spacial score (nSPS) is 13.1. The lowest BCUT2D eigenvalue weighted by Gasteiger charge is -2.18. The van der Waals surface area contributed by atoms with Crippen molar-refractivity contribution < 1.29 is 4.39 Å². The van der Waals surface area contributed by atoms with E-state index in [2.05, 4.69) is 19.2 Å². The zero-order valence-corrected chi connectivity index (χ0v) is 11.4. The SMILES string of the molecule is CNC(CCCC(C)C)c1cccc(C)c1F. The van der Waals surface area contributed by atoms with Crippen LogP contribution < -0.4 is 5.32 Å². The summed E-state index contributed by atoms with van der Waals surface area (Å²) in [6.45, 7) is 6.27. The Morgan fingerprint density at radius 2 is 1.94 bits per heavy atom. The van der Waals surface area contributed by atoms with E-state index in [1.165, 1.54) is 6.42 Å². The van der Waals surface area contributed by atoms with Gasteiger partial charge in [0.05, 0.1) is 0 Å². The highest BCUT2D eigenvalue weighted by molar-refractivity contribution is 5.27. The monoisotopic (exact) mass is 237 g/mol. The maximum Gasteiger partial charge on any atom is 0.130 e. The Hall–Kier alpha value is -0.890. The van der Waals surface area contributed by atoms with Crippen LogP contribution in [0.2, 0.25) is 0 Å². The molecule has 0 aromatic heterocycles. The number of rotatable bonds is 6. The van der Waals surface area contributed by atoms with Gasteiger partial charge in [-0.25, -0.2) is 4.39 Å². The summed E-state index contributed by atoms with van der Waals surface area (Å²) in [4.78, 5) is 0. The second-order valence-corrected chi connectivity index (χ2v) is 5.14. The van der Waals surface area contributed by atoms with Crippen molar-refractivity contribution in [2.75, 3.05) is 7.05 Å². The maximum absolute atomic E-state index is 14.0. The Balaban J connectivity index is 2.69. The van der Waals surface area contributed by atoms with Crippen LogP contribution >= 0.6 is 0 Å². The molecule has 0 heterocycles. The highest BCUT2D eigenvalue weighted by Gasteiger charge is 2.14. The van der Waals surface area contributed by atoms with Crippen LogP contribution in [-0.4, -0.2) is 7.05 Å². The Kier molecular flexibility index (Phi) is 5.63. The predicted octanol–water partition coefficient (Wildman–Crippen LogP) is 4.22. The smallest absolute Gasteiger partial charge is 0.130 e. The Morgan fingerprint density at radius 3 is 2.53 bits per heavy atom. The molecule has 0 aliphatic carbocycles. The molecule has 1 unspecified atom stereocenters. The number of hydrogen-bond acceptors (Lipinski definition) is 1. The first-order valence-electron chi connectivity index (χ1n) is 6.48. The quantitative estimate of drug-likeness (QED) is 0.781. The van der Waals surface area contributed by atoms with E-state index >= 15 is 0 Å². The van der Waals surface area contributed by atoms with Crippen LogP contribution in [-0.2, 0) is 0 Å². The van der Waals surface area contributed by atoms with Gasteiger partial charge in [0.1, 0.15) is 5.82 Å². The summed E-state index contributed by atoms with van der Waals surface area (Å²) in [5.41, 5.74) is 1.53. The van der Waals surface area contributed by atoms with Crippen LogP contribution in [0.4, 0.5) is 4.39 Å². The van der Waals surface area contributed by atoms with E-state index in [9.17, 15) is 4.39 Å².